The van der Waals surface area contributed by atoms with Crippen LogP contribution in [0.3, 0.4) is 0 Å². The first-order valence-electron chi connectivity index (χ1n) is 8.16. The molecule has 0 spiro atoms. The average molecular weight is 317 g/mol. The lowest BCUT2D eigenvalue weighted by molar-refractivity contribution is 0.866. The number of benzene rings is 3. The van der Waals surface area contributed by atoms with Gasteiger partial charge in [-0.2, -0.15) is 0 Å². The summed E-state index contributed by atoms with van der Waals surface area (Å²) >= 11 is 0. The lowest BCUT2D eigenvalue weighted by Gasteiger charge is -2.26. The Bertz CT molecular complexity index is 742. The van der Waals surface area contributed by atoms with E-state index in [2.05, 4.69) is 43.0 Å². The van der Waals surface area contributed by atoms with E-state index in [9.17, 15) is 0 Å². The maximum Gasteiger partial charge on any atom is 0.0463 e. The molecule has 4 N–H and O–H groups in total. The second-order valence-corrected chi connectivity index (χ2v) is 6.26. The lowest BCUT2D eigenvalue weighted by Crippen LogP contribution is -2.10. The van der Waals surface area contributed by atoms with E-state index in [4.69, 9.17) is 11.5 Å². The van der Waals surface area contributed by atoms with Gasteiger partial charge in [-0.3, -0.25) is 0 Å². The third-order valence-corrected chi connectivity index (χ3v) is 4.12. The highest BCUT2D eigenvalue weighted by molar-refractivity contribution is 5.77. The van der Waals surface area contributed by atoms with Gasteiger partial charge in [0.15, 0.2) is 0 Å². The number of hydrogen-bond acceptors (Lipinski definition) is 3. The van der Waals surface area contributed by atoms with Crippen molar-refractivity contribution >= 4 is 28.4 Å². The Morgan fingerprint density at radius 3 is 1.25 bits per heavy atom. The van der Waals surface area contributed by atoms with Crippen LogP contribution >= 0.6 is 0 Å². The molecule has 3 heteroatoms. The molecule has 0 atom stereocenters. The SMILES string of the molecule is CC(C)c1ccc(N(c2ccc(N)cc2)c2ccc(N)cc2)cc1. The fourth-order valence-corrected chi connectivity index (χ4v) is 2.70. The van der Waals surface area contributed by atoms with Crippen LogP contribution in [0.2, 0.25) is 0 Å². The van der Waals surface area contributed by atoms with Gasteiger partial charge in [0, 0.05) is 28.4 Å². The Kier molecular flexibility index (Phi) is 4.43. The van der Waals surface area contributed by atoms with E-state index >= 15 is 0 Å². The summed E-state index contributed by atoms with van der Waals surface area (Å²) in [6.07, 6.45) is 0. The molecule has 0 fully saturated rings. The highest BCUT2D eigenvalue weighted by atomic mass is 15.1. The summed E-state index contributed by atoms with van der Waals surface area (Å²) in [5.41, 5.74) is 17.8. The van der Waals surface area contributed by atoms with Crippen LogP contribution < -0.4 is 16.4 Å². The van der Waals surface area contributed by atoms with Crippen molar-refractivity contribution < 1.29 is 0 Å². The number of rotatable bonds is 4. The largest absolute Gasteiger partial charge is 0.399 e. The smallest absolute Gasteiger partial charge is 0.0463 e. The van der Waals surface area contributed by atoms with Gasteiger partial charge in [0.2, 0.25) is 0 Å². The second kappa shape index (κ2) is 6.67. The molecule has 0 aromatic heterocycles. The van der Waals surface area contributed by atoms with Crippen molar-refractivity contribution in [2.24, 2.45) is 0 Å². The summed E-state index contributed by atoms with van der Waals surface area (Å²) in [5, 5.41) is 0. The molecule has 0 unspecified atom stereocenters. The molecule has 0 aliphatic rings. The van der Waals surface area contributed by atoms with Crippen LogP contribution in [-0.4, -0.2) is 0 Å². The van der Waals surface area contributed by atoms with Crippen LogP contribution in [0.15, 0.2) is 72.8 Å². The zero-order chi connectivity index (χ0) is 17.1. The molecule has 24 heavy (non-hydrogen) atoms. The normalized spacial score (nSPS) is 10.8. The van der Waals surface area contributed by atoms with Gasteiger partial charge in [0.25, 0.3) is 0 Å². The van der Waals surface area contributed by atoms with E-state index in [0.29, 0.717) is 5.92 Å². The van der Waals surface area contributed by atoms with Gasteiger partial charge in [-0.15, -0.1) is 0 Å². The summed E-state index contributed by atoms with van der Waals surface area (Å²) < 4.78 is 0. The minimum atomic E-state index is 0.514. The van der Waals surface area contributed by atoms with Crippen LogP contribution in [0, 0.1) is 0 Å². The summed E-state index contributed by atoms with van der Waals surface area (Å²) in [6.45, 7) is 4.40. The van der Waals surface area contributed by atoms with E-state index in [1.165, 1.54) is 5.56 Å². The fraction of sp³-hybridized carbons (Fsp3) is 0.143. The third-order valence-electron chi connectivity index (χ3n) is 4.12. The standard InChI is InChI=1S/C21H23N3/c1-15(2)16-3-9-19(10-4-16)24(20-11-5-17(22)6-12-20)21-13-7-18(23)8-14-21/h3-15H,22-23H2,1-2H3. The van der Waals surface area contributed by atoms with Crippen LogP contribution in [0.25, 0.3) is 0 Å². The van der Waals surface area contributed by atoms with Gasteiger partial charge in [0.1, 0.15) is 0 Å². The number of nitrogen functional groups attached to an aromatic ring is 2. The number of nitrogens with two attached hydrogens (primary N) is 2. The molecular weight excluding hydrogens is 294 g/mol. The van der Waals surface area contributed by atoms with E-state index in [1.54, 1.807) is 0 Å². The summed E-state index contributed by atoms with van der Waals surface area (Å²) in [7, 11) is 0. The van der Waals surface area contributed by atoms with Crippen molar-refractivity contribution in [3.05, 3.63) is 78.4 Å². The molecule has 3 rings (SSSR count). The Labute approximate surface area is 143 Å². The highest BCUT2D eigenvalue weighted by Crippen LogP contribution is 2.35. The Morgan fingerprint density at radius 1 is 0.583 bits per heavy atom. The first-order valence-corrected chi connectivity index (χ1v) is 8.16. The molecule has 3 aromatic rings. The molecule has 0 saturated carbocycles. The predicted molar refractivity (Wildman–Crippen MR) is 104 cm³/mol. The number of anilines is 5. The van der Waals surface area contributed by atoms with E-state index in [-0.39, 0.29) is 0 Å². The monoisotopic (exact) mass is 317 g/mol. The van der Waals surface area contributed by atoms with E-state index in [0.717, 1.165) is 28.4 Å². The highest BCUT2D eigenvalue weighted by Gasteiger charge is 2.12. The molecule has 0 amide bonds. The molecule has 3 nitrogen and oxygen atoms in total. The van der Waals surface area contributed by atoms with Gasteiger partial charge in [-0.25, -0.2) is 0 Å². The minimum Gasteiger partial charge on any atom is -0.399 e. The van der Waals surface area contributed by atoms with E-state index in [1.807, 2.05) is 48.5 Å². The Balaban J connectivity index is 2.07. The average Bonchev–Trinajstić information content (AvgIpc) is 2.59. The van der Waals surface area contributed by atoms with Crippen molar-refractivity contribution in [1.29, 1.82) is 0 Å². The van der Waals surface area contributed by atoms with Crippen molar-refractivity contribution in [2.75, 3.05) is 16.4 Å². The van der Waals surface area contributed by atoms with Crippen LogP contribution in [0.5, 0.6) is 0 Å². The summed E-state index contributed by atoms with van der Waals surface area (Å²) in [5.74, 6) is 0.514. The molecule has 0 aliphatic heterocycles. The first-order chi connectivity index (χ1) is 11.5. The van der Waals surface area contributed by atoms with Gasteiger partial charge in [-0.05, 0) is 72.1 Å². The van der Waals surface area contributed by atoms with Crippen molar-refractivity contribution in [1.82, 2.24) is 0 Å². The first kappa shape index (κ1) is 15.9. The summed E-state index contributed by atoms with van der Waals surface area (Å²) in [6, 6.07) is 24.5. The zero-order valence-electron chi connectivity index (χ0n) is 14.1. The second-order valence-electron chi connectivity index (χ2n) is 6.26. The Hall–Kier alpha value is -2.94. The maximum atomic E-state index is 5.84. The van der Waals surface area contributed by atoms with Crippen LogP contribution in [-0.2, 0) is 0 Å². The van der Waals surface area contributed by atoms with Gasteiger partial charge < -0.3 is 16.4 Å². The zero-order valence-corrected chi connectivity index (χ0v) is 14.1. The molecule has 0 aliphatic carbocycles. The van der Waals surface area contributed by atoms with Crippen molar-refractivity contribution in [3.63, 3.8) is 0 Å². The molecular formula is C21H23N3. The number of nitrogens with zero attached hydrogens (tertiary/aromatic N) is 1. The minimum absolute atomic E-state index is 0.514. The predicted octanol–water partition coefficient (Wildman–Crippen LogP) is 5.44. The number of hydrogen-bond donors (Lipinski definition) is 2. The molecule has 0 radical (unpaired) electrons. The van der Waals surface area contributed by atoms with Gasteiger partial charge in [0.05, 0.1) is 0 Å². The van der Waals surface area contributed by atoms with Gasteiger partial charge >= 0.3 is 0 Å². The summed E-state index contributed by atoms with van der Waals surface area (Å²) in [4.78, 5) is 2.20. The molecule has 3 aromatic carbocycles. The fourth-order valence-electron chi connectivity index (χ4n) is 2.70. The molecule has 122 valence electrons. The molecule has 0 heterocycles. The quantitative estimate of drug-likeness (QED) is 0.630. The van der Waals surface area contributed by atoms with Crippen LogP contribution in [0.1, 0.15) is 25.3 Å². The van der Waals surface area contributed by atoms with Crippen molar-refractivity contribution in [2.45, 2.75) is 19.8 Å². The maximum absolute atomic E-state index is 5.84. The topological polar surface area (TPSA) is 55.3 Å². The van der Waals surface area contributed by atoms with Crippen LogP contribution in [0.4, 0.5) is 28.4 Å². The third kappa shape index (κ3) is 3.35. The molecule has 0 bridgehead atoms. The van der Waals surface area contributed by atoms with Gasteiger partial charge in [-0.1, -0.05) is 26.0 Å². The molecule has 0 saturated heterocycles. The lowest BCUT2D eigenvalue weighted by atomic mass is 10.0. The Morgan fingerprint density at radius 2 is 0.917 bits per heavy atom. The van der Waals surface area contributed by atoms with E-state index < -0.39 is 0 Å². The van der Waals surface area contributed by atoms with Crippen molar-refractivity contribution in [3.8, 4) is 0 Å².